The Bertz CT molecular complexity index is 1440. The maximum Gasteiger partial charge on any atom is 0.232 e. The molecular weight excluding hydrogens is 460 g/mol. The topological polar surface area (TPSA) is 52.6 Å². The van der Waals surface area contributed by atoms with E-state index >= 15 is 0 Å². The number of rotatable bonds is 6. The molecule has 5 heteroatoms. The van der Waals surface area contributed by atoms with E-state index in [-0.39, 0.29) is 23.9 Å². The molecule has 0 unspecified atom stereocenters. The van der Waals surface area contributed by atoms with Gasteiger partial charge in [-0.05, 0) is 65.6 Å². The van der Waals surface area contributed by atoms with Crippen LogP contribution in [0.2, 0.25) is 5.02 Å². The number of allylic oxidation sites excluding steroid dienone is 1. The van der Waals surface area contributed by atoms with E-state index in [1.807, 2.05) is 49.4 Å². The van der Waals surface area contributed by atoms with Gasteiger partial charge in [-0.25, -0.2) is 0 Å². The minimum atomic E-state index is -0.173. The molecule has 1 heterocycles. The molecular formula is C30H21ClO4. The van der Waals surface area contributed by atoms with Crippen LogP contribution >= 0.6 is 11.6 Å². The Balaban J connectivity index is 1.31. The largest absolute Gasteiger partial charge is 0.485 e. The molecule has 172 valence electrons. The average Bonchev–Trinajstić information content (AvgIpc) is 3.19. The summed E-state index contributed by atoms with van der Waals surface area (Å²) in [5.74, 6) is 0.802. The van der Waals surface area contributed by atoms with Gasteiger partial charge in [-0.1, -0.05) is 66.2 Å². The Morgan fingerprint density at radius 1 is 0.914 bits per heavy atom. The normalized spacial score (nSPS) is 13.4. The third kappa shape index (κ3) is 4.88. The van der Waals surface area contributed by atoms with Gasteiger partial charge in [-0.15, -0.1) is 0 Å². The third-order valence-electron chi connectivity index (χ3n) is 5.80. The van der Waals surface area contributed by atoms with Crippen LogP contribution in [0, 0.1) is 6.92 Å². The van der Waals surface area contributed by atoms with Crippen molar-refractivity contribution in [1.29, 1.82) is 0 Å². The van der Waals surface area contributed by atoms with E-state index < -0.39 is 0 Å². The van der Waals surface area contributed by atoms with E-state index in [9.17, 15) is 9.59 Å². The lowest BCUT2D eigenvalue weighted by Gasteiger charge is -2.09. The number of carbonyl (C=O) groups is 2. The van der Waals surface area contributed by atoms with Crippen molar-refractivity contribution in [2.24, 2.45) is 0 Å². The van der Waals surface area contributed by atoms with Gasteiger partial charge >= 0.3 is 0 Å². The molecule has 0 saturated heterocycles. The first-order valence-electron chi connectivity index (χ1n) is 11.1. The molecule has 1 aliphatic rings. The predicted molar refractivity (Wildman–Crippen MR) is 137 cm³/mol. The van der Waals surface area contributed by atoms with Gasteiger partial charge in [0.2, 0.25) is 5.78 Å². The second-order valence-electron chi connectivity index (χ2n) is 8.26. The van der Waals surface area contributed by atoms with Crippen LogP contribution < -0.4 is 9.47 Å². The van der Waals surface area contributed by atoms with Crippen molar-refractivity contribution >= 4 is 29.2 Å². The maximum atomic E-state index is 13.0. The van der Waals surface area contributed by atoms with Crippen molar-refractivity contribution in [3.8, 4) is 22.6 Å². The zero-order valence-corrected chi connectivity index (χ0v) is 19.7. The fraction of sp³-hybridized carbons (Fsp3) is 0.0667. The maximum absolute atomic E-state index is 13.0. The standard InChI is InChI=1S/C30H21ClO4/c1-19-15-25(34-18-26(32)23-11-13-24(31)14-12-23)17-27-29(19)30(33)28(35-27)16-20-7-9-22(10-8-20)21-5-3-2-4-6-21/h2-17H,18H2,1H3/b28-16-. The number of fused-ring (bicyclic) bond motifs is 1. The van der Waals surface area contributed by atoms with Crippen molar-refractivity contribution in [2.75, 3.05) is 6.61 Å². The Morgan fingerprint density at radius 3 is 2.31 bits per heavy atom. The molecule has 5 rings (SSSR count). The van der Waals surface area contributed by atoms with Gasteiger partial charge < -0.3 is 9.47 Å². The first-order chi connectivity index (χ1) is 17.0. The summed E-state index contributed by atoms with van der Waals surface area (Å²) in [5.41, 5.74) is 4.84. The molecule has 0 bridgehead atoms. The molecule has 0 spiro atoms. The number of ether oxygens (including phenoxy) is 2. The van der Waals surface area contributed by atoms with E-state index in [0.29, 0.717) is 27.6 Å². The highest BCUT2D eigenvalue weighted by atomic mass is 35.5. The summed E-state index contributed by atoms with van der Waals surface area (Å²) < 4.78 is 11.6. The van der Waals surface area contributed by atoms with Crippen LogP contribution in [0.15, 0.2) is 96.8 Å². The van der Waals surface area contributed by atoms with Gasteiger partial charge in [-0.3, -0.25) is 9.59 Å². The predicted octanol–water partition coefficient (Wildman–Crippen LogP) is 7.19. The highest BCUT2D eigenvalue weighted by molar-refractivity contribution is 6.30. The van der Waals surface area contributed by atoms with E-state index in [2.05, 4.69) is 12.1 Å². The van der Waals surface area contributed by atoms with Gasteiger partial charge in [0, 0.05) is 16.7 Å². The summed E-state index contributed by atoms with van der Waals surface area (Å²) in [6.45, 7) is 1.69. The SMILES string of the molecule is Cc1cc(OCC(=O)c2ccc(Cl)cc2)cc2c1C(=O)/C(=C/c1ccc(-c3ccccc3)cc1)O2. The van der Waals surface area contributed by atoms with Crippen LogP contribution in [0.5, 0.6) is 11.5 Å². The monoisotopic (exact) mass is 480 g/mol. The Kier molecular flexibility index (Phi) is 6.21. The molecule has 4 aromatic rings. The molecule has 0 radical (unpaired) electrons. The highest BCUT2D eigenvalue weighted by Gasteiger charge is 2.30. The zero-order chi connectivity index (χ0) is 24.4. The highest BCUT2D eigenvalue weighted by Crippen LogP contribution is 2.37. The lowest BCUT2D eigenvalue weighted by Crippen LogP contribution is -2.11. The third-order valence-corrected chi connectivity index (χ3v) is 6.05. The number of Topliss-reactive ketones (excluding diaryl/α,β-unsaturated/α-hetero) is 2. The number of carbonyl (C=O) groups excluding carboxylic acids is 2. The number of hydrogen-bond donors (Lipinski definition) is 0. The van der Waals surface area contributed by atoms with Crippen LogP contribution in [0.4, 0.5) is 0 Å². The molecule has 1 aliphatic heterocycles. The molecule has 0 fully saturated rings. The van der Waals surface area contributed by atoms with Crippen LogP contribution in [-0.2, 0) is 0 Å². The summed E-state index contributed by atoms with van der Waals surface area (Å²) in [7, 11) is 0. The van der Waals surface area contributed by atoms with Crippen LogP contribution in [-0.4, -0.2) is 18.2 Å². The lowest BCUT2D eigenvalue weighted by molar-refractivity contribution is 0.0920. The molecule has 0 N–H and O–H groups in total. The number of benzene rings is 4. The van der Waals surface area contributed by atoms with Gasteiger partial charge in [0.1, 0.15) is 11.5 Å². The van der Waals surface area contributed by atoms with Crippen molar-refractivity contribution in [3.05, 3.63) is 124 Å². The molecule has 0 aromatic heterocycles. The minimum absolute atomic E-state index is 0.135. The first kappa shape index (κ1) is 22.6. The van der Waals surface area contributed by atoms with Gasteiger partial charge in [0.05, 0.1) is 5.56 Å². The summed E-state index contributed by atoms with van der Waals surface area (Å²) in [4.78, 5) is 25.4. The molecule has 0 amide bonds. The van der Waals surface area contributed by atoms with Crippen molar-refractivity contribution in [2.45, 2.75) is 6.92 Å². The zero-order valence-electron chi connectivity index (χ0n) is 19.0. The van der Waals surface area contributed by atoms with Crippen molar-refractivity contribution in [1.82, 2.24) is 0 Å². The fourth-order valence-electron chi connectivity index (χ4n) is 3.98. The molecule has 0 aliphatic carbocycles. The number of aryl methyl sites for hydroxylation is 1. The van der Waals surface area contributed by atoms with E-state index in [1.54, 1.807) is 42.5 Å². The average molecular weight is 481 g/mol. The second kappa shape index (κ2) is 9.61. The fourth-order valence-corrected chi connectivity index (χ4v) is 4.11. The molecule has 4 nitrogen and oxygen atoms in total. The Morgan fingerprint density at radius 2 is 1.60 bits per heavy atom. The summed E-state index contributed by atoms with van der Waals surface area (Å²) >= 11 is 5.88. The molecule has 35 heavy (non-hydrogen) atoms. The number of ketones is 2. The minimum Gasteiger partial charge on any atom is -0.485 e. The van der Waals surface area contributed by atoms with Gasteiger partial charge in [0.25, 0.3) is 0 Å². The summed E-state index contributed by atoms with van der Waals surface area (Å²) in [6, 6.07) is 28.1. The van der Waals surface area contributed by atoms with Crippen molar-refractivity contribution < 1.29 is 19.1 Å². The molecule has 0 saturated carbocycles. The first-order valence-corrected chi connectivity index (χ1v) is 11.5. The van der Waals surface area contributed by atoms with Crippen LogP contribution in [0.3, 0.4) is 0 Å². The summed E-state index contributed by atoms with van der Waals surface area (Å²) in [5, 5.41) is 0.564. The van der Waals surface area contributed by atoms with E-state index in [1.165, 1.54) is 0 Å². The van der Waals surface area contributed by atoms with E-state index in [4.69, 9.17) is 21.1 Å². The van der Waals surface area contributed by atoms with Gasteiger partial charge in [0.15, 0.2) is 18.1 Å². The lowest BCUT2D eigenvalue weighted by atomic mass is 10.0. The quantitative estimate of drug-likeness (QED) is 0.216. The number of halogens is 1. The molecule has 4 aromatic carbocycles. The van der Waals surface area contributed by atoms with Crippen molar-refractivity contribution in [3.63, 3.8) is 0 Å². The van der Waals surface area contributed by atoms with Crippen LogP contribution in [0.25, 0.3) is 17.2 Å². The number of hydrogen-bond acceptors (Lipinski definition) is 4. The Labute approximate surface area is 208 Å². The molecule has 0 atom stereocenters. The second-order valence-corrected chi connectivity index (χ2v) is 8.70. The van der Waals surface area contributed by atoms with Crippen LogP contribution in [0.1, 0.15) is 31.8 Å². The van der Waals surface area contributed by atoms with E-state index in [0.717, 1.165) is 22.3 Å². The van der Waals surface area contributed by atoms with Gasteiger partial charge in [-0.2, -0.15) is 0 Å². The summed E-state index contributed by atoms with van der Waals surface area (Å²) in [6.07, 6.45) is 1.74. The smallest absolute Gasteiger partial charge is 0.232 e. The Hall–Kier alpha value is -4.15.